The zero-order valence-electron chi connectivity index (χ0n) is 12.0. The van der Waals surface area contributed by atoms with Crippen LogP contribution in [0.2, 0.25) is 0 Å². The first-order valence-corrected chi connectivity index (χ1v) is 7.65. The van der Waals surface area contributed by atoms with Gasteiger partial charge in [0.15, 0.2) is 5.82 Å². The Kier molecular flexibility index (Phi) is 3.24. The average Bonchev–Trinajstić information content (AvgIpc) is 3.15. The van der Waals surface area contributed by atoms with Crippen LogP contribution in [0.4, 0.5) is 0 Å². The molecule has 1 saturated heterocycles. The molecule has 1 aromatic heterocycles. The van der Waals surface area contributed by atoms with E-state index >= 15 is 0 Å². The van der Waals surface area contributed by atoms with Crippen molar-refractivity contribution in [2.75, 3.05) is 13.1 Å². The number of aromatic nitrogens is 2. The second-order valence-corrected chi connectivity index (χ2v) is 6.20. The molecule has 0 bridgehead atoms. The lowest BCUT2D eigenvalue weighted by molar-refractivity contribution is 0.263. The maximum atomic E-state index is 6.31. The molecule has 2 aliphatic rings. The molecule has 1 saturated carbocycles. The summed E-state index contributed by atoms with van der Waals surface area (Å²) in [4.78, 5) is 6.81. The molecule has 5 nitrogen and oxygen atoms in total. The number of likely N-dealkylation sites (tertiary alicyclic amines) is 1. The van der Waals surface area contributed by atoms with Gasteiger partial charge in [0, 0.05) is 31.0 Å². The third-order valence-corrected chi connectivity index (χ3v) is 4.45. The van der Waals surface area contributed by atoms with E-state index in [1.165, 1.54) is 18.4 Å². The molecule has 1 aliphatic heterocycles. The van der Waals surface area contributed by atoms with Crippen LogP contribution in [0.1, 0.15) is 42.0 Å². The molecule has 0 unspecified atom stereocenters. The Morgan fingerprint density at radius 1 is 1.19 bits per heavy atom. The topological polar surface area (TPSA) is 68.2 Å². The van der Waals surface area contributed by atoms with E-state index in [4.69, 9.17) is 10.3 Å². The summed E-state index contributed by atoms with van der Waals surface area (Å²) in [5.74, 6) is 2.53. The lowest BCUT2D eigenvalue weighted by atomic mass is 9.95. The highest BCUT2D eigenvalue weighted by Crippen LogP contribution is 2.38. The predicted molar refractivity (Wildman–Crippen MR) is 78.7 cm³/mol. The number of hydrogen-bond acceptors (Lipinski definition) is 5. The first-order chi connectivity index (χ1) is 10.3. The molecular formula is C16H20N4O. The third-order valence-electron chi connectivity index (χ3n) is 4.45. The Morgan fingerprint density at radius 3 is 2.76 bits per heavy atom. The average molecular weight is 284 g/mol. The van der Waals surface area contributed by atoms with Gasteiger partial charge in [-0.15, -0.1) is 0 Å². The van der Waals surface area contributed by atoms with Gasteiger partial charge in [-0.2, -0.15) is 4.98 Å². The van der Waals surface area contributed by atoms with Gasteiger partial charge in [0.1, 0.15) is 0 Å². The highest BCUT2D eigenvalue weighted by atomic mass is 16.5. The molecular weight excluding hydrogens is 264 g/mol. The van der Waals surface area contributed by atoms with Crippen molar-refractivity contribution in [3.05, 3.63) is 47.6 Å². The van der Waals surface area contributed by atoms with Crippen LogP contribution in [0.25, 0.3) is 0 Å². The summed E-state index contributed by atoms with van der Waals surface area (Å²) in [6.07, 6.45) is 2.40. The molecule has 5 heteroatoms. The standard InChI is InChI=1S/C16H20N4O/c17-14-9-20(8-13(14)11-4-2-1-3-5-11)10-15-18-16(19-21-15)12-6-7-12/h1-5,12-14H,6-10,17H2/t13-,14+/m0/s1. The number of nitrogens with two attached hydrogens (primary N) is 1. The van der Waals surface area contributed by atoms with Crippen LogP contribution in [0.5, 0.6) is 0 Å². The third kappa shape index (κ3) is 2.71. The molecule has 2 fully saturated rings. The smallest absolute Gasteiger partial charge is 0.240 e. The van der Waals surface area contributed by atoms with Crippen molar-refractivity contribution in [3.63, 3.8) is 0 Å². The summed E-state index contributed by atoms with van der Waals surface area (Å²) in [5, 5.41) is 4.07. The Morgan fingerprint density at radius 2 is 2.00 bits per heavy atom. The van der Waals surface area contributed by atoms with Crippen molar-refractivity contribution in [1.29, 1.82) is 0 Å². The van der Waals surface area contributed by atoms with Crippen LogP contribution in [-0.4, -0.2) is 34.2 Å². The van der Waals surface area contributed by atoms with E-state index in [-0.39, 0.29) is 6.04 Å². The van der Waals surface area contributed by atoms with Crippen LogP contribution in [0, 0.1) is 0 Å². The molecule has 21 heavy (non-hydrogen) atoms. The van der Waals surface area contributed by atoms with Crippen molar-refractivity contribution in [3.8, 4) is 0 Å². The predicted octanol–water partition coefficient (Wildman–Crippen LogP) is 1.87. The first-order valence-electron chi connectivity index (χ1n) is 7.65. The second kappa shape index (κ2) is 5.24. The van der Waals surface area contributed by atoms with Gasteiger partial charge in [0.2, 0.25) is 5.89 Å². The molecule has 2 aromatic rings. The minimum Gasteiger partial charge on any atom is -0.338 e. The van der Waals surface area contributed by atoms with Crippen molar-refractivity contribution in [2.24, 2.45) is 5.73 Å². The molecule has 110 valence electrons. The lowest BCUT2D eigenvalue weighted by Gasteiger charge is -2.14. The summed E-state index contributed by atoms with van der Waals surface area (Å²) in [7, 11) is 0. The van der Waals surface area contributed by atoms with Gasteiger partial charge in [-0.05, 0) is 18.4 Å². The SMILES string of the molecule is N[C@@H]1CN(Cc2nc(C3CC3)no2)C[C@H]1c1ccccc1. The van der Waals surface area contributed by atoms with Gasteiger partial charge in [-0.3, -0.25) is 4.90 Å². The van der Waals surface area contributed by atoms with E-state index < -0.39 is 0 Å². The number of hydrogen-bond donors (Lipinski definition) is 1. The fraction of sp³-hybridized carbons (Fsp3) is 0.500. The van der Waals surface area contributed by atoms with E-state index in [0.717, 1.165) is 24.8 Å². The van der Waals surface area contributed by atoms with Crippen LogP contribution in [0.15, 0.2) is 34.9 Å². The van der Waals surface area contributed by atoms with E-state index in [1.54, 1.807) is 0 Å². The van der Waals surface area contributed by atoms with E-state index in [0.29, 0.717) is 18.4 Å². The highest BCUT2D eigenvalue weighted by Gasteiger charge is 2.33. The zero-order valence-corrected chi connectivity index (χ0v) is 12.0. The van der Waals surface area contributed by atoms with Crippen molar-refractivity contribution in [2.45, 2.75) is 37.3 Å². The summed E-state index contributed by atoms with van der Waals surface area (Å²) in [5.41, 5.74) is 7.63. The molecule has 0 radical (unpaired) electrons. The minimum absolute atomic E-state index is 0.165. The van der Waals surface area contributed by atoms with Crippen molar-refractivity contribution < 1.29 is 4.52 Å². The van der Waals surface area contributed by atoms with Gasteiger partial charge in [-0.25, -0.2) is 0 Å². The molecule has 2 atom stereocenters. The molecule has 2 N–H and O–H groups in total. The number of nitrogens with zero attached hydrogens (tertiary/aromatic N) is 3. The Balaban J connectivity index is 1.42. The second-order valence-electron chi connectivity index (χ2n) is 6.20. The van der Waals surface area contributed by atoms with Gasteiger partial charge in [-0.1, -0.05) is 35.5 Å². The minimum atomic E-state index is 0.165. The van der Waals surface area contributed by atoms with E-state index in [2.05, 4.69) is 39.3 Å². The fourth-order valence-corrected chi connectivity index (χ4v) is 3.13. The molecule has 1 aliphatic carbocycles. The zero-order chi connectivity index (χ0) is 14.2. The lowest BCUT2D eigenvalue weighted by Crippen LogP contribution is -2.28. The summed E-state index contributed by atoms with van der Waals surface area (Å²) in [6, 6.07) is 10.7. The van der Waals surface area contributed by atoms with Crippen LogP contribution in [-0.2, 0) is 6.54 Å². The van der Waals surface area contributed by atoms with Gasteiger partial charge in [0.25, 0.3) is 0 Å². The molecule has 1 aromatic carbocycles. The number of benzene rings is 1. The first kappa shape index (κ1) is 13.0. The van der Waals surface area contributed by atoms with Gasteiger partial charge in [0.05, 0.1) is 6.54 Å². The number of rotatable bonds is 4. The Hall–Kier alpha value is -1.72. The molecule has 2 heterocycles. The Bertz CT molecular complexity index is 608. The molecule has 0 spiro atoms. The van der Waals surface area contributed by atoms with Gasteiger partial charge >= 0.3 is 0 Å². The van der Waals surface area contributed by atoms with E-state index in [1.807, 2.05) is 6.07 Å². The Labute approximate surface area is 124 Å². The quantitative estimate of drug-likeness (QED) is 0.928. The van der Waals surface area contributed by atoms with Gasteiger partial charge < -0.3 is 10.3 Å². The monoisotopic (exact) mass is 284 g/mol. The molecule has 0 amide bonds. The van der Waals surface area contributed by atoms with E-state index in [9.17, 15) is 0 Å². The maximum Gasteiger partial charge on any atom is 0.240 e. The fourth-order valence-electron chi connectivity index (χ4n) is 3.13. The van der Waals surface area contributed by atoms with Crippen molar-refractivity contribution in [1.82, 2.24) is 15.0 Å². The van der Waals surface area contributed by atoms with Crippen LogP contribution >= 0.6 is 0 Å². The molecule has 4 rings (SSSR count). The summed E-state index contributed by atoms with van der Waals surface area (Å²) in [6.45, 7) is 2.53. The normalized spacial score (nSPS) is 26.3. The largest absolute Gasteiger partial charge is 0.338 e. The van der Waals surface area contributed by atoms with Crippen molar-refractivity contribution >= 4 is 0 Å². The highest BCUT2D eigenvalue weighted by molar-refractivity contribution is 5.23. The van der Waals surface area contributed by atoms with Crippen LogP contribution < -0.4 is 5.73 Å². The van der Waals surface area contributed by atoms with Crippen LogP contribution in [0.3, 0.4) is 0 Å². The summed E-state index contributed by atoms with van der Waals surface area (Å²) < 4.78 is 5.36. The summed E-state index contributed by atoms with van der Waals surface area (Å²) >= 11 is 0. The maximum absolute atomic E-state index is 6.31.